The Hall–Kier alpha value is -4.06. The summed E-state index contributed by atoms with van der Waals surface area (Å²) in [6, 6.07) is 33.5. The molecule has 0 saturated carbocycles. The number of aliphatic hydroxyl groups is 1. The van der Waals surface area contributed by atoms with Gasteiger partial charge in [0.1, 0.15) is 23.2 Å². The number of hydrogen-bond acceptors (Lipinski definition) is 3. The second-order valence-electron chi connectivity index (χ2n) is 9.61. The van der Waals surface area contributed by atoms with Crippen molar-refractivity contribution >= 4 is 0 Å². The van der Waals surface area contributed by atoms with Crippen molar-refractivity contribution in [2.75, 3.05) is 0 Å². The van der Waals surface area contributed by atoms with E-state index >= 15 is 0 Å². The highest BCUT2D eigenvalue weighted by molar-refractivity contribution is 5.44. The van der Waals surface area contributed by atoms with Crippen molar-refractivity contribution in [2.45, 2.75) is 32.2 Å². The van der Waals surface area contributed by atoms with Gasteiger partial charge in [-0.05, 0) is 65.6 Å². The normalized spacial score (nSPS) is 11.7. The standard InChI is InChI=1S/C33H29F2NO2/c1-24-7-9-26(10-8-24)22-36(21-25-5-3-2-4-6-25)23-31-19-20-32(38-31)33(37,27-11-15-29(34)16-12-27)28-13-17-30(35)18-14-28/h2-20,37H,21-23H2,1H3. The number of nitrogens with zero attached hydrogens (tertiary/aromatic N) is 1. The molecular formula is C33H29F2NO2. The van der Waals surface area contributed by atoms with E-state index in [-0.39, 0.29) is 5.76 Å². The molecule has 5 aromatic rings. The molecule has 0 saturated heterocycles. The summed E-state index contributed by atoms with van der Waals surface area (Å²) in [4.78, 5) is 2.28. The van der Waals surface area contributed by atoms with Crippen LogP contribution in [-0.4, -0.2) is 10.0 Å². The van der Waals surface area contributed by atoms with Crippen LogP contribution in [0.2, 0.25) is 0 Å². The molecular weight excluding hydrogens is 480 g/mol. The van der Waals surface area contributed by atoms with Gasteiger partial charge in [0.15, 0.2) is 5.60 Å². The topological polar surface area (TPSA) is 36.6 Å². The van der Waals surface area contributed by atoms with E-state index in [0.717, 1.165) is 0 Å². The Morgan fingerprint density at radius 2 is 1.16 bits per heavy atom. The first-order valence-corrected chi connectivity index (χ1v) is 12.6. The Bertz CT molecular complexity index is 1420. The van der Waals surface area contributed by atoms with Crippen LogP contribution >= 0.6 is 0 Å². The summed E-state index contributed by atoms with van der Waals surface area (Å²) >= 11 is 0. The van der Waals surface area contributed by atoms with Gasteiger partial charge < -0.3 is 9.52 Å². The van der Waals surface area contributed by atoms with Crippen LogP contribution in [0.25, 0.3) is 0 Å². The van der Waals surface area contributed by atoms with Crippen molar-refractivity contribution in [3.63, 3.8) is 0 Å². The molecule has 1 N–H and O–H groups in total. The lowest BCUT2D eigenvalue weighted by Gasteiger charge is -2.27. The van der Waals surface area contributed by atoms with Gasteiger partial charge in [0.05, 0.1) is 6.54 Å². The van der Waals surface area contributed by atoms with Crippen molar-refractivity contribution in [2.24, 2.45) is 0 Å². The first-order chi connectivity index (χ1) is 18.4. The van der Waals surface area contributed by atoms with Gasteiger partial charge in [0, 0.05) is 13.1 Å². The molecule has 0 radical (unpaired) electrons. The lowest BCUT2D eigenvalue weighted by molar-refractivity contribution is 0.0948. The summed E-state index contributed by atoms with van der Waals surface area (Å²) in [7, 11) is 0. The zero-order valence-electron chi connectivity index (χ0n) is 21.1. The maximum Gasteiger partial charge on any atom is 0.173 e. The van der Waals surface area contributed by atoms with E-state index in [4.69, 9.17) is 4.42 Å². The molecule has 0 aliphatic carbocycles. The fourth-order valence-corrected chi connectivity index (χ4v) is 4.67. The zero-order chi connectivity index (χ0) is 26.5. The molecule has 0 bridgehead atoms. The van der Waals surface area contributed by atoms with E-state index in [2.05, 4.69) is 48.2 Å². The second kappa shape index (κ2) is 11.1. The van der Waals surface area contributed by atoms with Crippen molar-refractivity contribution in [1.29, 1.82) is 0 Å². The van der Waals surface area contributed by atoms with Gasteiger partial charge in [-0.25, -0.2) is 8.78 Å². The lowest BCUT2D eigenvalue weighted by atomic mass is 9.84. The molecule has 5 rings (SSSR count). The number of hydrogen-bond donors (Lipinski definition) is 1. The van der Waals surface area contributed by atoms with Crippen LogP contribution < -0.4 is 0 Å². The highest BCUT2D eigenvalue weighted by Crippen LogP contribution is 2.38. The molecule has 0 aliphatic rings. The molecule has 0 amide bonds. The minimum Gasteiger partial charge on any atom is -0.461 e. The van der Waals surface area contributed by atoms with Crippen molar-refractivity contribution in [1.82, 2.24) is 4.90 Å². The van der Waals surface area contributed by atoms with Gasteiger partial charge in [-0.2, -0.15) is 0 Å². The number of rotatable bonds is 9. The lowest BCUT2D eigenvalue weighted by Crippen LogP contribution is -2.28. The summed E-state index contributed by atoms with van der Waals surface area (Å²) in [5.74, 6) is 0.123. The fraction of sp³-hybridized carbons (Fsp3) is 0.152. The molecule has 0 unspecified atom stereocenters. The third-order valence-corrected chi connectivity index (χ3v) is 6.70. The van der Waals surface area contributed by atoms with Crippen molar-refractivity contribution in [3.05, 3.63) is 166 Å². The average Bonchev–Trinajstić information content (AvgIpc) is 3.40. The molecule has 0 aliphatic heterocycles. The number of halogens is 2. The summed E-state index contributed by atoms with van der Waals surface area (Å²) < 4.78 is 33.7. The average molecular weight is 510 g/mol. The summed E-state index contributed by atoms with van der Waals surface area (Å²) in [5.41, 5.74) is 2.70. The molecule has 0 spiro atoms. The Morgan fingerprint density at radius 1 is 0.632 bits per heavy atom. The van der Waals surface area contributed by atoms with E-state index in [0.29, 0.717) is 36.5 Å². The van der Waals surface area contributed by atoms with Crippen LogP contribution in [0.15, 0.2) is 120 Å². The minimum absolute atomic E-state index is 0.278. The Balaban J connectivity index is 1.47. The van der Waals surface area contributed by atoms with Gasteiger partial charge in [-0.3, -0.25) is 4.90 Å². The van der Waals surface area contributed by atoms with Crippen molar-refractivity contribution in [3.8, 4) is 0 Å². The summed E-state index contributed by atoms with van der Waals surface area (Å²) in [5, 5.41) is 12.0. The van der Waals surface area contributed by atoms with E-state index in [1.807, 2.05) is 24.3 Å². The van der Waals surface area contributed by atoms with E-state index in [9.17, 15) is 13.9 Å². The zero-order valence-corrected chi connectivity index (χ0v) is 21.1. The Labute approximate surface area is 221 Å². The van der Waals surface area contributed by atoms with Crippen LogP contribution in [0.1, 0.15) is 39.3 Å². The molecule has 1 aromatic heterocycles. The van der Waals surface area contributed by atoms with Gasteiger partial charge in [0.25, 0.3) is 0 Å². The molecule has 0 fully saturated rings. The van der Waals surface area contributed by atoms with Gasteiger partial charge in [-0.1, -0.05) is 84.4 Å². The molecule has 0 atom stereocenters. The fourth-order valence-electron chi connectivity index (χ4n) is 4.67. The van der Waals surface area contributed by atoms with Crippen LogP contribution in [0, 0.1) is 18.6 Å². The first-order valence-electron chi connectivity index (χ1n) is 12.6. The number of benzene rings is 4. The molecule has 4 aromatic carbocycles. The van der Waals surface area contributed by atoms with Crippen LogP contribution in [-0.2, 0) is 25.2 Å². The Kier molecular flexibility index (Phi) is 7.50. The quantitative estimate of drug-likeness (QED) is 0.226. The van der Waals surface area contributed by atoms with Gasteiger partial charge >= 0.3 is 0 Å². The molecule has 38 heavy (non-hydrogen) atoms. The second-order valence-corrected chi connectivity index (χ2v) is 9.61. The van der Waals surface area contributed by atoms with Gasteiger partial charge in [-0.15, -0.1) is 0 Å². The predicted molar refractivity (Wildman–Crippen MR) is 144 cm³/mol. The molecule has 3 nitrogen and oxygen atoms in total. The van der Waals surface area contributed by atoms with E-state index < -0.39 is 17.2 Å². The molecule has 1 heterocycles. The van der Waals surface area contributed by atoms with Crippen molar-refractivity contribution < 1.29 is 18.3 Å². The first kappa shape index (κ1) is 25.6. The van der Waals surface area contributed by atoms with Crippen LogP contribution in [0.3, 0.4) is 0 Å². The highest BCUT2D eigenvalue weighted by atomic mass is 19.1. The summed E-state index contributed by atoms with van der Waals surface area (Å²) in [6.45, 7) is 4.00. The number of furan rings is 1. The maximum absolute atomic E-state index is 13.7. The predicted octanol–water partition coefficient (Wildman–Crippen LogP) is 7.35. The monoisotopic (exact) mass is 509 g/mol. The molecule has 192 valence electrons. The van der Waals surface area contributed by atoms with Gasteiger partial charge in [0.2, 0.25) is 0 Å². The largest absolute Gasteiger partial charge is 0.461 e. The Morgan fingerprint density at radius 3 is 1.71 bits per heavy atom. The molecule has 5 heteroatoms. The minimum atomic E-state index is -1.72. The summed E-state index contributed by atoms with van der Waals surface area (Å²) in [6.07, 6.45) is 0. The maximum atomic E-state index is 13.7. The highest BCUT2D eigenvalue weighted by Gasteiger charge is 2.37. The third kappa shape index (κ3) is 5.75. The third-order valence-electron chi connectivity index (χ3n) is 6.70. The smallest absolute Gasteiger partial charge is 0.173 e. The van der Waals surface area contributed by atoms with E-state index in [1.54, 1.807) is 6.07 Å². The van der Waals surface area contributed by atoms with E-state index in [1.165, 1.54) is 65.2 Å². The van der Waals surface area contributed by atoms with Crippen LogP contribution in [0.4, 0.5) is 8.78 Å². The van der Waals surface area contributed by atoms with Crippen LogP contribution in [0.5, 0.6) is 0 Å². The SMILES string of the molecule is Cc1ccc(CN(Cc2ccccc2)Cc2ccc(C(O)(c3ccc(F)cc3)c3ccc(F)cc3)o2)cc1. The number of aryl methyl sites for hydroxylation is 1.